The topological polar surface area (TPSA) is 42.0 Å². The number of aryl methyl sites for hydroxylation is 1. The summed E-state index contributed by atoms with van der Waals surface area (Å²) in [5, 5.41) is 7.02. The number of nitrogens with zero attached hydrogens (tertiary/aromatic N) is 1. The number of hydrogen-bond acceptors (Lipinski definition) is 4. The van der Waals surface area contributed by atoms with Gasteiger partial charge in [-0.3, -0.25) is 4.79 Å². The van der Waals surface area contributed by atoms with Crippen molar-refractivity contribution in [3.63, 3.8) is 0 Å². The van der Waals surface area contributed by atoms with Gasteiger partial charge in [0.2, 0.25) is 5.91 Å². The molecule has 24 heavy (non-hydrogen) atoms. The number of hydrogen-bond donors (Lipinski definition) is 1. The zero-order chi connectivity index (χ0) is 17.1. The summed E-state index contributed by atoms with van der Waals surface area (Å²) in [6.45, 7) is 2.47. The molecule has 0 bridgehead atoms. The summed E-state index contributed by atoms with van der Waals surface area (Å²) in [5.41, 5.74) is 1.64. The van der Waals surface area contributed by atoms with E-state index in [1.807, 2.05) is 24.4 Å². The van der Waals surface area contributed by atoms with E-state index in [-0.39, 0.29) is 12.3 Å². The summed E-state index contributed by atoms with van der Waals surface area (Å²) in [7, 11) is 0. The number of nitrogens with one attached hydrogen (secondary N) is 1. The molecule has 1 N–H and O–H groups in total. The average Bonchev–Trinajstić information content (AvgIpc) is 3.18. The number of thiazole rings is 1. The number of halogens is 2. The molecule has 0 aliphatic rings. The number of thiophene rings is 1. The van der Waals surface area contributed by atoms with Gasteiger partial charge in [-0.05, 0) is 36.8 Å². The number of carbonyl (C=O) groups is 1. The number of aromatic nitrogens is 1. The van der Waals surface area contributed by atoms with E-state index in [0.29, 0.717) is 22.2 Å². The van der Waals surface area contributed by atoms with E-state index in [9.17, 15) is 4.79 Å². The van der Waals surface area contributed by atoms with Crippen molar-refractivity contribution in [2.24, 2.45) is 0 Å². The van der Waals surface area contributed by atoms with Crippen LogP contribution in [0.5, 0.6) is 0 Å². The first kappa shape index (κ1) is 17.4. The van der Waals surface area contributed by atoms with E-state index >= 15 is 0 Å². The highest BCUT2D eigenvalue weighted by molar-refractivity contribution is 7.16. The van der Waals surface area contributed by atoms with Crippen LogP contribution in [0.4, 0.5) is 0 Å². The van der Waals surface area contributed by atoms with Crippen LogP contribution >= 0.6 is 45.9 Å². The van der Waals surface area contributed by atoms with E-state index in [1.54, 1.807) is 40.9 Å². The molecular weight excluding hydrogens is 383 g/mol. The Hall–Kier alpha value is -1.40. The van der Waals surface area contributed by atoms with Crippen LogP contribution in [0.1, 0.15) is 15.4 Å². The lowest BCUT2D eigenvalue weighted by Gasteiger charge is -2.07. The Labute approximate surface area is 158 Å². The quantitative estimate of drug-likeness (QED) is 0.631. The second-order valence-corrected chi connectivity index (χ2v) is 8.22. The summed E-state index contributed by atoms with van der Waals surface area (Å²) < 4.78 is 0. The molecule has 124 valence electrons. The van der Waals surface area contributed by atoms with Crippen molar-refractivity contribution in [2.45, 2.75) is 19.9 Å². The molecule has 0 fully saturated rings. The SMILES string of the molecule is Cc1nc(-c2ccc(CNC(=O)Cc3c(Cl)cccc3Cl)s2)cs1. The number of amides is 1. The van der Waals surface area contributed by atoms with Gasteiger partial charge in [-0.1, -0.05) is 29.3 Å². The van der Waals surface area contributed by atoms with Gasteiger partial charge in [0, 0.05) is 20.3 Å². The molecule has 3 nitrogen and oxygen atoms in total. The number of benzene rings is 1. The molecule has 0 saturated carbocycles. The average molecular weight is 397 g/mol. The van der Waals surface area contributed by atoms with E-state index in [2.05, 4.69) is 10.3 Å². The Morgan fingerprint density at radius 2 is 1.96 bits per heavy atom. The Morgan fingerprint density at radius 1 is 1.21 bits per heavy atom. The summed E-state index contributed by atoms with van der Waals surface area (Å²) in [6.07, 6.45) is 0.169. The number of carbonyl (C=O) groups excluding carboxylic acids is 1. The molecule has 0 saturated heterocycles. The van der Waals surface area contributed by atoms with Crippen molar-refractivity contribution in [3.8, 4) is 10.6 Å². The predicted octanol–water partition coefficient (Wildman–Crippen LogP) is 5.35. The van der Waals surface area contributed by atoms with E-state index in [0.717, 1.165) is 20.5 Å². The summed E-state index contributed by atoms with van der Waals surface area (Å²) in [4.78, 5) is 18.8. The molecule has 3 aromatic rings. The van der Waals surface area contributed by atoms with Crippen molar-refractivity contribution >= 4 is 51.8 Å². The molecule has 1 amide bonds. The minimum atomic E-state index is -0.107. The fraction of sp³-hybridized carbons (Fsp3) is 0.176. The lowest BCUT2D eigenvalue weighted by Crippen LogP contribution is -2.24. The van der Waals surface area contributed by atoms with E-state index in [4.69, 9.17) is 23.2 Å². The van der Waals surface area contributed by atoms with Gasteiger partial charge in [0.05, 0.1) is 28.5 Å². The van der Waals surface area contributed by atoms with Crippen molar-refractivity contribution in [1.29, 1.82) is 0 Å². The molecule has 1 aromatic carbocycles. The summed E-state index contributed by atoms with van der Waals surface area (Å²) in [5.74, 6) is -0.107. The Balaban J connectivity index is 1.60. The predicted molar refractivity (Wildman–Crippen MR) is 102 cm³/mol. The third-order valence-corrected chi connectivity index (χ3v) is 5.98. The smallest absolute Gasteiger partial charge is 0.224 e. The van der Waals surface area contributed by atoms with Gasteiger partial charge in [-0.2, -0.15) is 0 Å². The molecule has 0 unspecified atom stereocenters. The van der Waals surface area contributed by atoms with Crippen molar-refractivity contribution in [3.05, 3.63) is 61.2 Å². The summed E-state index contributed by atoms with van der Waals surface area (Å²) >= 11 is 15.5. The Kier molecular flexibility index (Phi) is 5.56. The summed E-state index contributed by atoms with van der Waals surface area (Å²) in [6, 6.07) is 9.28. The van der Waals surface area contributed by atoms with Crippen LogP contribution in [0.15, 0.2) is 35.7 Å². The van der Waals surface area contributed by atoms with Gasteiger partial charge in [0.15, 0.2) is 0 Å². The lowest BCUT2D eigenvalue weighted by atomic mass is 10.1. The van der Waals surface area contributed by atoms with Crippen LogP contribution in [0.2, 0.25) is 10.0 Å². The standard InChI is InChI=1S/C17H14Cl2N2OS2/c1-10-21-15(9-23-10)16-6-5-11(24-16)8-20-17(22)7-12-13(18)3-2-4-14(12)19/h2-6,9H,7-8H2,1H3,(H,20,22). The third-order valence-electron chi connectivity index (χ3n) is 3.39. The molecule has 2 heterocycles. The normalized spacial score (nSPS) is 10.8. The fourth-order valence-corrected chi connectivity index (χ4v) is 4.32. The first-order valence-corrected chi connectivity index (χ1v) is 9.69. The second kappa shape index (κ2) is 7.66. The van der Waals surface area contributed by atoms with E-state index < -0.39 is 0 Å². The second-order valence-electron chi connectivity index (χ2n) is 5.17. The highest BCUT2D eigenvalue weighted by Crippen LogP contribution is 2.29. The lowest BCUT2D eigenvalue weighted by molar-refractivity contribution is -0.120. The highest BCUT2D eigenvalue weighted by atomic mass is 35.5. The third kappa shape index (κ3) is 4.16. The fourth-order valence-electron chi connectivity index (χ4n) is 2.20. The molecule has 0 atom stereocenters. The largest absolute Gasteiger partial charge is 0.351 e. The van der Waals surface area contributed by atoms with Crippen LogP contribution in [0.3, 0.4) is 0 Å². The van der Waals surface area contributed by atoms with Gasteiger partial charge in [-0.25, -0.2) is 4.98 Å². The first-order valence-electron chi connectivity index (χ1n) is 7.23. The zero-order valence-corrected chi connectivity index (χ0v) is 16.0. The van der Waals surface area contributed by atoms with Crippen LogP contribution in [-0.2, 0) is 17.8 Å². The molecule has 3 rings (SSSR count). The molecule has 0 aliphatic carbocycles. The van der Waals surface area contributed by atoms with Crippen LogP contribution in [0, 0.1) is 6.92 Å². The highest BCUT2D eigenvalue weighted by Gasteiger charge is 2.11. The monoisotopic (exact) mass is 396 g/mol. The van der Waals surface area contributed by atoms with Crippen molar-refractivity contribution in [1.82, 2.24) is 10.3 Å². The van der Waals surface area contributed by atoms with Crippen molar-refractivity contribution in [2.75, 3.05) is 0 Å². The van der Waals surface area contributed by atoms with Gasteiger partial charge < -0.3 is 5.32 Å². The van der Waals surface area contributed by atoms with Gasteiger partial charge in [-0.15, -0.1) is 22.7 Å². The molecule has 2 aromatic heterocycles. The minimum absolute atomic E-state index is 0.107. The van der Waals surface area contributed by atoms with Crippen LogP contribution in [0.25, 0.3) is 10.6 Å². The van der Waals surface area contributed by atoms with Gasteiger partial charge in [0.25, 0.3) is 0 Å². The molecule has 0 spiro atoms. The maximum atomic E-state index is 12.1. The minimum Gasteiger partial charge on any atom is -0.351 e. The first-order chi connectivity index (χ1) is 11.5. The Morgan fingerprint density at radius 3 is 2.62 bits per heavy atom. The van der Waals surface area contributed by atoms with Crippen molar-refractivity contribution < 1.29 is 4.79 Å². The van der Waals surface area contributed by atoms with Gasteiger partial charge in [0.1, 0.15) is 0 Å². The number of rotatable bonds is 5. The molecular formula is C17H14Cl2N2OS2. The molecule has 0 radical (unpaired) electrons. The van der Waals surface area contributed by atoms with Crippen LogP contribution in [-0.4, -0.2) is 10.9 Å². The zero-order valence-electron chi connectivity index (χ0n) is 12.8. The molecule has 7 heteroatoms. The Bertz CT molecular complexity index is 853. The van der Waals surface area contributed by atoms with Crippen LogP contribution < -0.4 is 5.32 Å². The van der Waals surface area contributed by atoms with E-state index in [1.165, 1.54) is 0 Å². The maximum absolute atomic E-state index is 12.1. The molecule has 0 aliphatic heterocycles. The van der Waals surface area contributed by atoms with Gasteiger partial charge >= 0.3 is 0 Å². The maximum Gasteiger partial charge on any atom is 0.224 e.